The van der Waals surface area contributed by atoms with Crippen LogP contribution in [0.25, 0.3) is 4.85 Å². The first-order chi connectivity index (χ1) is 15.8. The molecule has 1 spiro atoms. The maximum absolute atomic E-state index is 13.6. The Bertz CT molecular complexity index is 935. The lowest BCUT2D eigenvalue weighted by Gasteiger charge is -2.42. The first-order valence-electron chi connectivity index (χ1n) is 12.0. The number of carbonyl (C=O) groups excluding carboxylic acids is 2. The molecular formula is C25H34N4O4. The van der Waals surface area contributed by atoms with Crippen LogP contribution in [-0.4, -0.2) is 59.9 Å². The number of carbonyl (C=O) groups is 2. The van der Waals surface area contributed by atoms with Crippen LogP contribution in [0.2, 0.25) is 0 Å². The van der Waals surface area contributed by atoms with Crippen molar-refractivity contribution in [2.24, 2.45) is 5.41 Å². The smallest absolute Gasteiger partial charge is 0.411 e. The third-order valence-electron chi connectivity index (χ3n) is 7.26. The fourth-order valence-electron chi connectivity index (χ4n) is 5.60. The standard InChI is InChI=1S/C25H34N4O4/c1-17(2)33-24(32)27-18-5-10-22(21(15-18)26-3)28-13-4-11-25(16-28)12-14-29(23(25)31)19-6-8-20(30)9-7-19/h5,10,15,17,19-20,30H,4,6-9,11-14,16H2,1-2H3,(H,27,32)/t19?,20?,25-/m0/s1. The topological polar surface area (TPSA) is 86.5 Å². The van der Waals surface area contributed by atoms with Crippen molar-refractivity contribution in [3.05, 3.63) is 29.6 Å². The number of anilines is 2. The summed E-state index contributed by atoms with van der Waals surface area (Å²) in [5.74, 6) is 0.243. The number of hydrogen-bond acceptors (Lipinski definition) is 5. The molecule has 1 saturated carbocycles. The Morgan fingerprint density at radius 1 is 1.24 bits per heavy atom. The summed E-state index contributed by atoms with van der Waals surface area (Å²) in [5, 5.41) is 12.5. The number of amides is 2. The van der Waals surface area contributed by atoms with Gasteiger partial charge in [0.1, 0.15) is 0 Å². The van der Waals surface area contributed by atoms with Gasteiger partial charge in [-0.2, -0.15) is 0 Å². The van der Waals surface area contributed by atoms with E-state index in [0.717, 1.165) is 63.7 Å². The quantitative estimate of drug-likeness (QED) is 0.662. The molecule has 33 heavy (non-hydrogen) atoms. The second-order valence-corrected chi connectivity index (χ2v) is 9.91. The molecule has 2 N–H and O–H groups in total. The predicted molar refractivity (Wildman–Crippen MR) is 126 cm³/mol. The van der Waals surface area contributed by atoms with Gasteiger partial charge < -0.3 is 19.6 Å². The van der Waals surface area contributed by atoms with E-state index in [1.807, 2.05) is 6.07 Å². The summed E-state index contributed by atoms with van der Waals surface area (Å²) in [6, 6.07) is 5.55. The van der Waals surface area contributed by atoms with Crippen molar-refractivity contribution in [3.8, 4) is 0 Å². The van der Waals surface area contributed by atoms with E-state index < -0.39 is 11.5 Å². The fourth-order valence-corrected chi connectivity index (χ4v) is 5.60. The molecule has 2 amide bonds. The van der Waals surface area contributed by atoms with Crippen LogP contribution in [0.3, 0.4) is 0 Å². The van der Waals surface area contributed by atoms with Crippen molar-refractivity contribution in [2.45, 2.75) is 77.0 Å². The Kier molecular flexibility index (Phi) is 6.80. The third kappa shape index (κ3) is 4.93. The molecule has 3 fully saturated rings. The first-order valence-corrected chi connectivity index (χ1v) is 12.0. The van der Waals surface area contributed by atoms with E-state index in [4.69, 9.17) is 11.3 Å². The molecule has 0 bridgehead atoms. The van der Waals surface area contributed by atoms with E-state index in [1.54, 1.807) is 26.0 Å². The molecule has 0 unspecified atom stereocenters. The highest BCUT2D eigenvalue weighted by Crippen LogP contribution is 2.45. The number of aliphatic hydroxyl groups excluding tert-OH is 1. The van der Waals surface area contributed by atoms with Crippen molar-refractivity contribution in [3.63, 3.8) is 0 Å². The number of ether oxygens (including phenoxy) is 1. The molecule has 8 heteroatoms. The van der Waals surface area contributed by atoms with E-state index in [1.165, 1.54) is 0 Å². The summed E-state index contributed by atoms with van der Waals surface area (Å²) in [6.07, 6.45) is 4.92. The highest BCUT2D eigenvalue weighted by molar-refractivity contribution is 5.89. The highest BCUT2D eigenvalue weighted by atomic mass is 16.6. The van der Waals surface area contributed by atoms with Crippen molar-refractivity contribution >= 4 is 29.1 Å². The van der Waals surface area contributed by atoms with Gasteiger partial charge in [-0.05, 0) is 77.0 Å². The van der Waals surface area contributed by atoms with Gasteiger partial charge in [0.2, 0.25) is 11.6 Å². The second kappa shape index (κ2) is 9.60. The Labute approximate surface area is 195 Å². The van der Waals surface area contributed by atoms with Crippen LogP contribution in [0.15, 0.2) is 18.2 Å². The van der Waals surface area contributed by atoms with Crippen molar-refractivity contribution in [1.82, 2.24) is 4.90 Å². The van der Waals surface area contributed by atoms with Gasteiger partial charge in [-0.15, -0.1) is 0 Å². The summed E-state index contributed by atoms with van der Waals surface area (Å²) < 4.78 is 5.12. The SMILES string of the molecule is [C-]#[N+]c1cc(NC(=O)OC(C)C)ccc1N1CCC[C@]2(CCN(C3CCC(O)CC3)C2=O)C1. The third-order valence-corrected chi connectivity index (χ3v) is 7.26. The van der Waals surface area contributed by atoms with Crippen LogP contribution in [-0.2, 0) is 9.53 Å². The number of benzene rings is 1. The minimum absolute atomic E-state index is 0.226. The maximum Gasteiger partial charge on any atom is 0.411 e. The minimum Gasteiger partial charge on any atom is -0.447 e. The van der Waals surface area contributed by atoms with Gasteiger partial charge in [0.05, 0.1) is 24.2 Å². The molecule has 1 atom stereocenters. The molecule has 3 aliphatic rings. The summed E-state index contributed by atoms with van der Waals surface area (Å²) in [6.45, 7) is 13.4. The lowest BCUT2D eigenvalue weighted by Crippen LogP contribution is -2.50. The zero-order valence-electron chi connectivity index (χ0n) is 19.5. The van der Waals surface area contributed by atoms with Crippen molar-refractivity contribution in [2.75, 3.05) is 29.9 Å². The monoisotopic (exact) mass is 454 g/mol. The Morgan fingerprint density at radius 3 is 2.70 bits per heavy atom. The molecule has 2 aliphatic heterocycles. The number of piperidine rings is 1. The van der Waals surface area contributed by atoms with E-state index >= 15 is 0 Å². The zero-order valence-corrected chi connectivity index (χ0v) is 19.5. The van der Waals surface area contributed by atoms with Gasteiger partial charge in [-0.3, -0.25) is 10.1 Å². The van der Waals surface area contributed by atoms with Crippen LogP contribution < -0.4 is 10.2 Å². The van der Waals surface area contributed by atoms with E-state index in [-0.39, 0.29) is 24.2 Å². The number of hydrogen-bond donors (Lipinski definition) is 2. The molecule has 0 aromatic heterocycles. The Hall–Kier alpha value is -2.79. The minimum atomic E-state index is -0.544. The van der Waals surface area contributed by atoms with Gasteiger partial charge in [0, 0.05) is 37.1 Å². The van der Waals surface area contributed by atoms with Crippen LogP contribution in [0.5, 0.6) is 0 Å². The van der Waals surface area contributed by atoms with Crippen molar-refractivity contribution < 1.29 is 19.4 Å². The molecule has 178 valence electrons. The molecule has 2 heterocycles. The lowest BCUT2D eigenvalue weighted by molar-refractivity contribution is -0.139. The van der Waals surface area contributed by atoms with E-state index in [2.05, 4.69) is 20.0 Å². The summed E-state index contributed by atoms with van der Waals surface area (Å²) >= 11 is 0. The van der Waals surface area contributed by atoms with E-state index in [9.17, 15) is 14.7 Å². The molecule has 1 aromatic carbocycles. The second-order valence-electron chi connectivity index (χ2n) is 9.91. The van der Waals surface area contributed by atoms with Gasteiger partial charge in [0.25, 0.3) is 0 Å². The summed E-state index contributed by atoms with van der Waals surface area (Å²) in [5.41, 5.74) is 1.38. The van der Waals surface area contributed by atoms with Crippen LogP contribution in [0.4, 0.5) is 21.9 Å². The highest BCUT2D eigenvalue weighted by Gasteiger charge is 2.50. The van der Waals surface area contributed by atoms with Crippen LogP contribution in [0.1, 0.15) is 58.8 Å². The Balaban J connectivity index is 1.47. The maximum atomic E-state index is 13.6. The van der Waals surface area contributed by atoms with E-state index in [0.29, 0.717) is 17.9 Å². The Morgan fingerprint density at radius 2 is 2.00 bits per heavy atom. The number of likely N-dealkylation sites (tertiary alicyclic amines) is 1. The molecule has 4 rings (SSSR count). The number of nitrogens with one attached hydrogen (secondary N) is 1. The number of rotatable bonds is 4. The van der Waals surface area contributed by atoms with Crippen molar-refractivity contribution in [1.29, 1.82) is 0 Å². The van der Waals surface area contributed by atoms with Gasteiger partial charge in [-0.25, -0.2) is 9.64 Å². The predicted octanol–water partition coefficient (Wildman–Crippen LogP) is 4.32. The number of nitrogens with zero attached hydrogens (tertiary/aromatic N) is 3. The van der Waals surface area contributed by atoms with Crippen LogP contribution >= 0.6 is 0 Å². The van der Waals surface area contributed by atoms with Crippen LogP contribution in [0, 0.1) is 12.0 Å². The molecule has 0 radical (unpaired) electrons. The average molecular weight is 455 g/mol. The average Bonchev–Trinajstić information content (AvgIpc) is 3.09. The molecular weight excluding hydrogens is 420 g/mol. The molecule has 1 aromatic rings. The molecule has 2 saturated heterocycles. The van der Waals surface area contributed by atoms with Gasteiger partial charge in [-0.1, -0.05) is 0 Å². The molecule has 8 nitrogen and oxygen atoms in total. The summed E-state index contributed by atoms with van der Waals surface area (Å²) in [7, 11) is 0. The lowest BCUT2D eigenvalue weighted by atomic mass is 9.78. The zero-order chi connectivity index (χ0) is 23.6. The normalized spacial score (nSPS) is 27.7. The molecule has 1 aliphatic carbocycles. The fraction of sp³-hybridized carbons (Fsp3) is 0.640. The van der Waals surface area contributed by atoms with Gasteiger partial charge in [0.15, 0.2) is 0 Å². The summed E-state index contributed by atoms with van der Waals surface area (Å²) in [4.78, 5) is 33.4. The van der Waals surface area contributed by atoms with Gasteiger partial charge >= 0.3 is 6.09 Å². The largest absolute Gasteiger partial charge is 0.447 e. The first kappa shape index (κ1) is 23.4. The number of aliphatic hydroxyl groups is 1.